The first-order valence-electron chi connectivity index (χ1n) is 4.50. The third-order valence-electron chi connectivity index (χ3n) is 3.07. The fourth-order valence-corrected chi connectivity index (χ4v) is 1.79. The van der Waals surface area contributed by atoms with Crippen molar-refractivity contribution in [1.82, 2.24) is 0 Å². The molecule has 1 rings (SSSR count). The minimum Gasteiger partial charge on any atom is -0.396 e. The average Bonchev–Trinajstić information content (AvgIpc) is 2.10. The number of allylic oxidation sites excluding steroid dienone is 2. The second-order valence-corrected chi connectivity index (χ2v) is 4.05. The van der Waals surface area contributed by atoms with Gasteiger partial charge in [0.1, 0.15) is 0 Å². The number of hydrogen-bond donors (Lipinski definition) is 2. The normalized spacial score (nSPS) is 23.0. The molecule has 0 unspecified atom stereocenters. The Morgan fingerprint density at radius 1 is 1.17 bits per heavy atom. The summed E-state index contributed by atoms with van der Waals surface area (Å²) in [6.07, 6.45) is 2.79. The third-order valence-corrected chi connectivity index (χ3v) is 3.07. The lowest BCUT2D eigenvalue weighted by Gasteiger charge is -2.34. The summed E-state index contributed by atoms with van der Waals surface area (Å²) in [5.74, 6) is 0. The molecule has 0 amide bonds. The smallest absolute Gasteiger partial charge is 0.0512 e. The Morgan fingerprint density at radius 2 is 1.75 bits per heavy atom. The molecule has 2 N–H and O–H groups in total. The molecule has 70 valence electrons. The van der Waals surface area contributed by atoms with Gasteiger partial charge in [-0.3, -0.25) is 0 Å². The van der Waals surface area contributed by atoms with Crippen LogP contribution in [0.4, 0.5) is 0 Å². The first-order valence-corrected chi connectivity index (χ1v) is 4.50. The van der Waals surface area contributed by atoms with Crippen LogP contribution in [0, 0.1) is 5.41 Å². The molecule has 0 aromatic carbocycles. The molecule has 1 aliphatic carbocycles. The summed E-state index contributed by atoms with van der Waals surface area (Å²) < 4.78 is 0. The molecule has 2 heteroatoms. The van der Waals surface area contributed by atoms with Gasteiger partial charge in [-0.2, -0.15) is 0 Å². The van der Waals surface area contributed by atoms with Crippen LogP contribution in [0.15, 0.2) is 11.1 Å². The largest absolute Gasteiger partial charge is 0.396 e. The minimum atomic E-state index is -0.233. The molecule has 1 aliphatic rings. The highest BCUT2D eigenvalue weighted by atomic mass is 16.3. The molecular weight excluding hydrogens is 152 g/mol. The van der Waals surface area contributed by atoms with Gasteiger partial charge in [-0.1, -0.05) is 11.1 Å². The van der Waals surface area contributed by atoms with Crippen LogP contribution in [0.2, 0.25) is 0 Å². The molecule has 0 saturated heterocycles. The van der Waals surface area contributed by atoms with E-state index in [1.807, 2.05) is 0 Å². The Labute approximate surface area is 73.9 Å². The lowest BCUT2D eigenvalue weighted by molar-refractivity contribution is 0.0430. The molecule has 0 saturated carbocycles. The zero-order chi connectivity index (χ0) is 9.19. The summed E-state index contributed by atoms with van der Waals surface area (Å²) in [6.45, 7) is 4.44. The highest BCUT2D eigenvalue weighted by Crippen LogP contribution is 2.38. The first kappa shape index (κ1) is 9.75. The molecule has 0 atom stereocenters. The molecule has 0 heterocycles. The van der Waals surface area contributed by atoms with Crippen molar-refractivity contribution < 1.29 is 10.2 Å². The molecule has 0 radical (unpaired) electrons. The van der Waals surface area contributed by atoms with Gasteiger partial charge >= 0.3 is 0 Å². The van der Waals surface area contributed by atoms with Gasteiger partial charge in [0.2, 0.25) is 0 Å². The number of hydrogen-bond acceptors (Lipinski definition) is 2. The predicted molar refractivity (Wildman–Crippen MR) is 48.8 cm³/mol. The molecular formula is C10H18O2. The molecule has 12 heavy (non-hydrogen) atoms. The van der Waals surface area contributed by atoms with Gasteiger partial charge in [0.05, 0.1) is 13.2 Å². The van der Waals surface area contributed by atoms with Crippen LogP contribution in [-0.4, -0.2) is 23.4 Å². The highest BCUT2D eigenvalue weighted by molar-refractivity contribution is 5.16. The summed E-state index contributed by atoms with van der Waals surface area (Å²) in [5.41, 5.74) is 2.53. The summed E-state index contributed by atoms with van der Waals surface area (Å²) in [4.78, 5) is 0. The van der Waals surface area contributed by atoms with E-state index < -0.39 is 0 Å². The van der Waals surface area contributed by atoms with E-state index >= 15 is 0 Å². The standard InChI is InChI=1S/C10H18O2/c1-8-3-4-10(6-11,7-12)5-9(8)2/h11-12H,3-7H2,1-2H3. The van der Waals surface area contributed by atoms with E-state index in [-0.39, 0.29) is 18.6 Å². The lowest BCUT2D eigenvalue weighted by Crippen LogP contribution is -2.32. The van der Waals surface area contributed by atoms with Gasteiger partial charge in [0.25, 0.3) is 0 Å². The molecule has 0 aromatic rings. The highest BCUT2D eigenvalue weighted by Gasteiger charge is 2.32. The molecule has 0 aliphatic heterocycles. The van der Waals surface area contributed by atoms with Crippen LogP contribution in [0.5, 0.6) is 0 Å². The van der Waals surface area contributed by atoms with Crippen molar-refractivity contribution in [3.8, 4) is 0 Å². The van der Waals surface area contributed by atoms with Gasteiger partial charge in [0, 0.05) is 5.41 Å². The van der Waals surface area contributed by atoms with Gasteiger partial charge in [0.15, 0.2) is 0 Å². The Bertz CT molecular complexity index is 190. The van der Waals surface area contributed by atoms with Gasteiger partial charge in [-0.25, -0.2) is 0 Å². The molecule has 0 fully saturated rings. The van der Waals surface area contributed by atoms with Crippen molar-refractivity contribution in [2.45, 2.75) is 33.1 Å². The van der Waals surface area contributed by atoms with E-state index in [1.165, 1.54) is 11.1 Å². The Hall–Kier alpha value is -0.340. The van der Waals surface area contributed by atoms with Crippen LogP contribution >= 0.6 is 0 Å². The third kappa shape index (κ3) is 1.70. The quantitative estimate of drug-likeness (QED) is 0.616. The maximum Gasteiger partial charge on any atom is 0.0512 e. The topological polar surface area (TPSA) is 40.5 Å². The molecule has 0 spiro atoms. The van der Waals surface area contributed by atoms with Gasteiger partial charge < -0.3 is 10.2 Å². The Balaban J connectivity index is 2.75. The van der Waals surface area contributed by atoms with Crippen LogP contribution in [-0.2, 0) is 0 Å². The van der Waals surface area contributed by atoms with E-state index in [2.05, 4.69) is 13.8 Å². The van der Waals surface area contributed by atoms with Crippen molar-refractivity contribution in [1.29, 1.82) is 0 Å². The number of aliphatic hydroxyl groups is 2. The van der Waals surface area contributed by atoms with Crippen molar-refractivity contribution in [2.75, 3.05) is 13.2 Å². The lowest BCUT2D eigenvalue weighted by atomic mass is 9.73. The van der Waals surface area contributed by atoms with Crippen LogP contribution < -0.4 is 0 Å². The van der Waals surface area contributed by atoms with Gasteiger partial charge in [-0.05, 0) is 33.1 Å². The van der Waals surface area contributed by atoms with E-state index in [9.17, 15) is 0 Å². The minimum absolute atomic E-state index is 0.105. The monoisotopic (exact) mass is 170 g/mol. The Kier molecular flexibility index (Phi) is 2.91. The van der Waals surface area contributed by atoms with Crippen molar-refractivity contribution in [2.24, 2.45) is 5.41 Å². The second kappa shape index (κ2) is 3.58. The summed E-state index contributed by atoms with van der Waals surface area (Å²) in [7, 11) is 0. The molecule has 0 aromatic heterocycles. The SMILES string of the molecule is CC1=C(C)CC(CO)(CO)CC1. The summed E-state index contributed by atoms with van der Waals surface area (Å²) >= 11 is 0. The number of aliphatic hydroxyl groups excluding tert-OH is 2. The van der Waals surface area contributed by atoms with E-state index in [4.69, 9.17) is 10.2 Å². The fourth-order valence-electron chi connectivity index (χ4n) is 1.79. The first-order chi connectivity index (χ1) is 5.63. The zero-order valence-electron chi connectivity index (χ0n) is 7.93. The fraction of sp³-hybridized carbons (Fsp3) is 0.800. The van der Waals surface area contributed by atoms with E-state index in [0.29, 0.717) is 0 Å². The van der Waals surface area contributed by atoms with Crippen LogP contribution in [0.25, 0.3) is 0 Å². The molecule has 2 nitrogen and oxygen atoms in total. The maximum atomic E-state index is 9.16. The zero-order valence-corrected chi connectivity index (χ0v) is 7.93. The van der Waals surface area contributed by atoms with E-state index in [0.717, 1.165) is 19.3 Å². The predicted octanol–water partition coefficient (Wildman–Crippen LogP) is 1.48. The number of rotatable bonds is 2. The van der Waals surface area contributed by atoms with Crippen molar-refractivity contribution >= 4 is 0 Å². The average molecular weight is 170 g/mol. The molecule has 0 bridgehead atoms. The van der Waals surface area contributed by atoms with Crippen LogP contribution in [0.1, 0.15) is 33.1 Å². The maximum absolute atomic E-state index is 9.16. The van der Waals surface area contributed by atoms with Crippen molar-refractivity contribution in [3.63, 3.8) is 0 Å². The van der Waals surface area contributed by atoms with Crippen molar-refractivity contribution in [3.05, 3.63) is 11.1 Å². The Morgan fingerprint density at radius 3 is 2.17 bits per heavy atom. The summed E-state index contributed by atoms with van der Waals surface area (Å²) in [6, 6.07) is 0. The van der Waals surface area contributed by atoms with Crippen LogP contribution in [0.3, 0.4) is 0 Å². The van der Waals surface area contributed by atoms with Gasteiger partial charge in [-0.15, -0.1) is 0 Å². The second-order valence-electron chi connectivity index (χ2n) is 4.05. The van der Waals surface area contributed by atoms with E-state index in [1.54, 1.807) is 0 Å². The summed E-state index contributed by atoms with van der Waals surface area (Å²) in [5, 5.41) is 18.3.